The minimum atomic E-state index is 0.0296. The molecule has 2 aromatic rings. The number of nitrogens with two attached hydrogens (primary N) is 1. The third-order valence-electron chi connectivity index (χ3n) is 2.14. The topological polar surface area (TPSA) is 38.9 Å². The lowest BCUT2D eigenvalue weighted by molar-refractivity contribution is 0.835. The lowest BCUT2D eigenvalue weighted by atomic mass is 10.2. The summed E-state index contributed by atoms with van der Waals surface area (Å²) in [6.07, 6.45) is 1.83. The van der Waals surface area contributed by atoms with Crippen LogP contribution in [0.4, 0.5) is 0 Å². The second-order valence-corrected chi connectivity index (χ2v) is 5.81. The van der Waals surface area contributed by atoms with Gasteiger partial charge in [-0.1, -0.05) is 17.7 Å². The molecular weight excluding hydrogens is 308 g/mol. The van der Waals surface area contributed by atoms with E-state index in [9.17, 15) is 0 Å². The predicted molar refractivity (Wildman–Crippen MR) is 72.9 cm³/mol. The van der Waals surface area contributed by atoms with Gasteiger partial charge in [0.2, 0.25) is 0 Å². The maximum atomic E-state index is 5.94. The zero-order valence-electron chi connectivity index (χ0n) is 8.58. The van der Waals surface area contributed by atoms with E-state index in [1.54, 1.807) is 11.3 Å². The number of thiazole rings is 1. The Morgan fingerprint density at radius 2 is 2.25 bits per heavy atom. The van der Waals surface area contributed by atoms with Crippen LogP contribution in [0.1, 0.15) is 17.8 Å². The van der Waals surface area contributed by atoms with Gasteiger partial charge in [0.05, 0.1) is 5.02 Å². The van der Waals surface area contributed by atoms with Crippen LogP contribution in [0, 0.1) is 0 Å². The molecule has 2 N–H and O–H groups in total. The van der Waals surface area contributed by atoms with E-state index in [-0.39, 0.29) is 6.04 Å². The average Bonchev–Trinajstić information content (AvgIpc) is 2.71. The summed E-state index contributed by atoms with van der Waals surface area (Å²) in [6, 6.07) is 5.80. The van der Waals surface area contributed by atoms with Crippen molar-refractivity contribution in [1.82, 2.24) is 4.98 Å². The van der Waals surface area contributed by atoms with Crippen molar-refractivity contribution in [3.63, 3.8) is 0 Å². The van der Waals surface area contributed by atoms with Crippen LogP contribution in [0.5, 0.6) is 0 Å². The Bertz CT molecular complexity index is 510. The fraction of sp³-hybridized carbons (Fsp3) is 0.182. The van der Waals surface area contributed by atoms with Gasteiger partial charge in [0.25, 0.3) is 0 Å². The molecule has 0 fully saturated rings. The SMILES string of the molecule is CC(N)c1cnc(-c2ccc(Cl)c(Br)c2)s1. The largest absolute Gasteiger partial charge is 0.323 e. The maximum Gasteiger partial charge on any atom is 0.123 e. The quantitative estimate of drug-likeness (QED) is 0.899. The normalized spacial score (nSPS) is 12.8. The summed E-state index contributed by atoms with van der Waals surface area (Å²) >= 11 is 10.9. The molecule has 16 heavy (non-hydrogen) atoms. The van der Waals surface area contributed by atoms with Gasteiger partial charge < -0.3 is 5.73 Å². The molecule has 1 aromatic carbocycles. The molecule has 1 atom stereocenters. The Hall–Kier alpha value is -0.420. The number of benzene rings is 1. The number of rotatable bonds is 2. The smallest absolute Gasteiger partial charge is 0.123 e. The Morgan fingerprint density at radius 3 is 2.81 bits per heavy atom. The first kappa shape index (κ1) is 12.0. The Balaban J connectivity index is 2.39. The minimum Gasteiger partial charge on any atom is -0.323 e. The van der Waals surface area contributed by atoms with Gasteiger partial charge in [-0.15, -0.1) is 11.3 Å². The Kier molecular flexibility index (Phi) is 3.64. The molecule has 0 amide bonds. The van der Waals surface area contributed by atoms with Gasteiger partial charge in [-0.25, -0.2) is 4.98 Å². The third-order valence-corrected chi connectivity index (χ3v) is 4.60. The van der Waals surface area contributed by atoms with Crippen LogP contribution in [0.2, 0.25) is 5.02 Å². The lowest BCUT2D eigenvalue weighted by Gasteiger charge is -2.00. The van der Waals surface area contributed by atoms with E-state index in [0.717, 1.165) is 19.9 Å². The van der Waals surface area contributed by atoms with E-state index in [2.05, 4.69) is 20.9 Å². The van der Waals surface area contributed by atoms with Gasteiger partial charge in [-0.2, -0.15) is 0 Å². The molecule has 0 aliphatic rings. The average molecular weight is 318 g/mol. The van der Waals surface area contributed by atoms with Crippen molar-refractivity contribution in [1.29, 1.82) is 0 Å². The number of halogens is 2. The maximum absolute atomic E-state index is 5.94. The monoisotopic (exact) mass is 316 g/mol. The predicted octanol–water partition coefficient (Wildman–Crippen LogP) is 4.25. The number of nitrogens with zero attached hydrogens (tertiary/aromatic N) is 1. The number of hydrogen-bond donors (Lipinski definition) is 1. The second-order valence-electron chi connectivity index (χ2n) is 3.49. The summed E-state index contributed by atoms with van der Waals surface area (Å²) in [4.78, 5) is 5.44. The van der Waals surface area contributed by atoms with Gasteiger partial charge in [0.15, 0.2) is 0 Å². The van der Waals surface area contributed by atoms with Crippen molar-refractivity contribution in [2.45, 2.75) is 13.0 Å². The first-order valence-electron chi connectivity index (χ1n) is 4.74. The summed E-state index contributed by atoms with van der Waals surface area (Å²) < 4.78 is 0.879. The molecule has 1 unspecified atom stereocenters. The van der Waals surface area contributed by atoms with Crippen molar-refractivity contribution in [2.24, 2.45) is 5.73 Å². The first-order chi connectivity index (χ1) is 7.58. The number of hydrogen-bond acceptors (Lipinski definition) is 3. The molecule has 0 aliphatic carbocycles. The molecule has 0 saturated heterocycles. The fourth-order valence-electron chi connectivity index (χ4n) is 1.26. The summed E-state index contributed by atoms with van der Waals surface area (Å²) in [5, 5.41) is 1.66. The lowest BCUT2D eigenvalue weighted by Crippen LogP contribution is -2.01. The summed E-state index contributed by atoms with van der Waals surface area (Å²) in [5.41, 5.74) is 6.85. The highest BCUT2D eigenvalue weighted by molar-refractivity contribution is 9.10. The van der Waals surface area contributed by atoms with E-state index in [1.807, 2.05) is 31.3 Å². The van der Waals surface area contributed by atoms with E-state index < -0.39 is 0 Å². The molecule has 5 heteroatoms. The van der Waals surface area contributed by atoms with Gasteiger partial charge in [-0.3, -0.25) is 0 Å². The molecule has 2 nitrogen and oxygen atoms in total. The van der Waals surface area contributed by atoms with Crippen molar-refractivity contribution >= 4 is 38.9 Å². The van der Waals surface area contributed by atoms with Crippen LogP contribution in [0.15, 0.2) is 28.9 Å². The van der Waals surface area contributed by atoms with Crippen LogP contribution in [-0.2, 0) is 0 Å². The summed E-state index contributed by atoms with van der Waals surface area (Å²) in [7, 11) is 0. The highest BCUT2D eigenvalue weighted by atomic mass is 79.9. The van der Waals surface area contributed by atoms with E-state index >= 15 is 0 Å². The van der Waals surface area contributed by atoms with Crippen molar-refractivity contribution < 1.29 is 0 Å². The zero-order valence-corrected chi connectivity index (χ0v) is 11.7. The highest BCUT2D eigenvalue weighted by Crippen LogP contribution is 2.32. The zero-order chi connectivity index (χ0) is 11.7. The fourth-order valence-corrected chi connectivity index (χ4v) is 2.62. The molecule has 0 aliphatic heterocycles. The summed E-state index contributed by atoms with van der Waals surface area (Å²) in [5.74, 6) is 0. The van der Waals surface area contributed by atoms with Crippen LogP contribution >= 0.6 is 38.9 Å². The Morgan fingerprint density at radius 1 is 1.50 bits per heavy atom. The van der Waals surface area contributed by atoms with Gasteiger partial charge in [-0.05, 0) is 35.0 Å². The van der Waals surface area contributed by atoms with Crippen molar-refractivity contribution in [3.05, 3.63) is 38.8 Å². The molecule has 0 bridgehead atoms. The van der Waals surface area contributed by atoms with Crippen LogP contribution in [0.25, 0.3) is 10.6 Å². The Labute approximate surface area is 112 Å². The molecule has 0 saturated carbocycles. The highest BCUT2D eigenvalue weighted by Gasteiger charge is 2.08. The van der Waals surface area contributed by atoms with Crippen molar-refractivity contribution in [3.8, 4) is 10.6 Å². The minimum absolute atomic E-state index is 0.0296. The van der Waals surface area contributed by atoms with Gasteiger partial charge in [0, 0.05) is 27.2 Å². The molecule has 1 heterocycles. The van der Waals surface area contributed by atoms with E-state index in [1.165, 1.54) is 0 Å². The first-order valence-corrected chi connectivity index (χ1v) is 6.73. The molecular formula is C11H10BrClN2S. The molecule has 0 spiro atoms. The second kappa shape index (κ2) is 4.84. The van der Waals surface area contributed by atoms with Crippen molar-refractivity contribution in [2.75, 3.05) is 0 Å². The van der Waals surface area contributed by atoms with Crippen LogP contribution in [0.3, 0.4) is 0 Å². The molecule has 1 aromatic heterocycles. The van der Waals surface area contributed by atoms with E-state index in [0.29, 0.717) is 5.02 Å². The third kappa shape index (κ3) is 2.46. The molecule has 84 valence electrons. The summed E-state index contributed by atoms with van der Waals surface area (Å²) in [6.45, 7) is 1.95. The standard InChI is InChI=1S/C11H10BrClN2S/c1-6(14)10-5-15-11(16-10)7-2-3-9(13)8(12)4-7/h2-6H,14H2,1H3. The van der Waals surface area contributed by atoms with Crippen LogP contribution in [-0.4, -0.2) is 4.98 Å². The molecule has 2 rings (SSSR count). The van der Waals surface area contributed by atoms with Gasteiger partial charge in [0.1, 0.15) is 5.01 Å². The number of aromatic nitrogens is 1. The molecule has 0 radical (unpaired) electrons. The van der Waals surface area contributed by atoms with E-state index in [4.69, 9.17) is 17.3 Å². The van der Waals surface area contributed by atoms with Crippen LogP contribution < -0.4 is 5.73 Å². The van der Waals surface area contributed by atoms with Gasteiger partial charge >= 0.3 is 0 Å².